The number of rotatable bonds is 3. The molecule has 0 aliphatic carbocycles. The van der Waals surface area contributed by atoms with Crippen molar-refractivity contribution in [1.29, 1.82) is 0 Å². The zero-order chi connectivity index (χ0) is 10.1. The molecule has 0 aromatic rings. The minimum atomic E-state index is -3.87. The van der Waals surface area contributed by atoms with Gasteiger partial charge in [0.05, 0.1) is 6.54 Å². The van der Waals surface area contributed by atoms with Crippen molar-refractivity contribution in [3.8, 4) is 0 Å². The molecule has 0 bridgehead atoms. The maximum Gasteiger partial charge on any atom is 0.331 e. The first-order valence-corrected chi connectivity index (χ1v) is 5.39. The number of hydrogen-bond acceptors (Lipinski definition) is 4. The molecule has 13 heavy (non-hydrogen) atoms. The Labute approximate surface area is 79.9 Å². The first-order valence-electron chi connectivity index (χ1n) is 3.40. The Balaban J connectivity index is 2.80. The van der Waals surface area contributed by atoms with Crippen molar-refractivity contribution in [3.05, 3.63) is 0 Å². The highest BCUT2D eigenvalue weighted by atomic mass is 35.5. The van der Waals surface area contributed by atoms with Crippen LogP contribution in [0.5, 0.6) is 0 Å². The Morgan fingerprint density at radius 3 is 2.62 bits per heavy atom. The van der Waals surface area contributed by atoms with Crippen LogP contribution < -0.4 is 5.32 Å². The number of carbonyl (C=O) groups excluding carboxylic acids is 2. The number of carbonyl (C=O) groups is 2. The van der Waals surface area contributed by atoms with Crippen LogP contribution in [0, 0.1) is 0 Å². The summed E-state index contributed by atoms with van der Waals surface area (Å²) in [5.41, 5.74) is 0. The van der Waals surface area contributed by atoms with Crippen LogP contribution in [0.1, 0.15) is 0 Å². The molecule has 1 rings (SSSR count). The van der Waals surface area contributed by atoms with Crippen molar-refractivity contribution in [1.82, 2.24) is 9.62 Å². The van der Waals surface area contributed by atoms with E-state index in [0.717, 1.165) is 0 Å². The molecule has 1 fully saturated rings. The minimum Gasteiger partial charge on any atom is -0.335 e. The maximum atomic E-state index is 11.2. The SMILES string of the molecule is O=C(Cl)CS(=O)(=O)N1CCNC1=O. The Morgan fingerprint density at radius 2 is 2.23 bits per heavy atom. The van der Waals surface area contributed by atoms with Crippen LogP contribution >= 0.6 is 11.6 Å². The highest BCUT2D eigenvalue weighted by Crippen LogP contribution is 2.06. The molecule has 0 atom stereocenters. The molecule has 1 saturated heterocycles. The second-order valence-electron chi connectivity index (χ2n) is 2.42. The summed E-state index contributed by atoms with van der Waals surface area (Å²) in [7, 11) is -3.87. The number of hydrogen-bond donors (Lipinski definition) is 1. The summed E-state index contributed by atoms with van der Waals surface area (Å²) in [5.74, 6) is -0.845. The van der Waals surface area contributed by atoms with Gasteiger partial charge >= 0.3 is 6.03 Å². The summed E-state index contributed by atoms with van der Waals surface area (Å²) >= 11 is 4.91. The van der Waals surface area contributed by atoms with Crippen molar-refractivity contribution < 1.29 is 18.0 Å². The highest BCUT2D eigenvalue weighted by molar-refractivity contribution is 7.90. The van der Waals surface area contributed by atoms with Gasteiger partial charge in [0.15, 0.2) is 0 Å². The van der Waals surface area contributed by atoms with Crippen LogP contribution in [0.2, 0.25) is 0 Å². The van der Waals surface area contributed by atoms with Crippen molar-refractivity contribution >= 4 is 32.9 Å². The standard InChI is InChI=1S/C5H7ClN2O4S/c6-4(9)3-13(11,12)8-2-1-7-5(8)10/h1-3H2,(H,7,10). The molecule has 8 heteroatoms. The third-order valence-electron chi connectivity index (χ3n) is 1.45. The van der Waals surface area contributed by atoms with Crippen LogP contribution in [0.4, 0.5) is 4.79 Å². The van der Waals surface area contributed by atoms with Crippen LogP contribution in [-0.2, 0) is 14.8 Å². The van der Waals surface area contributed by atoms with Crippen LogP contribution in [0.25, 0.3) is 0 Å². The molecule has 1 N–H and O–H groups in total. The van der Waals surface area contributed by atoms with Gasteiger partial charge in [0.1, 0.15) is 5.75 Å². The topological polar surface area (TPSA) is 83.6 Å². The van der Waals surface area contributed by atoms with Gasteiger partial charge in [0.2, 0.25) is 15.3 Å². The molecular weight excluding hydrogens is 220 g/mol. The zero-order valence-corrected chi connectivity index (χ0v) is 8.06. The fourth-order valence-corrected chi connectivity index (χ4v) is 2.48. The van der Waals surface area contributed by atoms with E-state index >= 15 is 0 Å². The lowest BCUT2D eigenvalue weighted by Crippen LogP contribution is -2.37. The number of nitrogens with one attached hydrogen (secondary N) is 1. The van der Waals surface area contributed by atoms with Gasteiger partial charge in [0, 0.05) is 6.54 Å². The number of sulfonamides is 1. The molecule has 2 amide bonds. The second-order valence-corrected chi connectivity index (χ2v) is 4.73. The summed E-state index contributed by atoms with van der Waals surface area (Å²) in [6.45, 7) is 0.305. The van der Waals surface area contributed by atoms with Gasteiger partial charge in [-0.05, 0) is 11.6 Å². The van der Waals surface area contributed by atoms with Crippen LogP contribution in [0.15, 0.2) is 0 Å². The molecule has 74 valence electrons. The van der Waals surface area contributed by atoms with Crippen LogP contribution in [-0.4, -0.2) is 42.8 Å². The predicted molar refractivity (Wildman–Crippen MR) is 44.8 cm³/mol. The first kappa shape index (κ1) is 10.3. The largest absolute Gasteiger partial charge is 0.335 e. The van der Waals surface area contributed by atoms with Crippen LogP contribution in [0.3, 0.4) is 0 Å². The van der Waals surface area contributed by atoms with E-state index in [-0.39, 0.29) is 13.1 Å². The fourth-order valence-electron chi connectivity index (χ4n) is 0.941. The van der Waals surface area contributed by atoms with E-state index in [2.05, 4.69) is 5.32 Å². The number of nitrogens with zero attached hydrogens (tertiary/aromatic N) is 1. The highest BCUT2D eigenvalue weighted by Gasteiger charge is 2.32. The zero-order valence-electron chi connectivity index (χ0n) is 6.49. The summed E-state index contributed by atoms with van der Waals surface area (Å²) < 4.78 is 23.0. The molecule has 0 saturated carbocycles. The number of halogens is 1. The van der Waals surface area contributed by atoms with E-state index in [0.29, 0.717) is 4.31 Å². The Kier molecular flexibility index (Phi) is 2.77. The smallest absolute Gasteiger partial charge is 0.331 e. The lowest BCUT2D eigenvalue weighted by atomic mass is 10.7. The monoisotopic (exact) mass is 226 g/mol. The van der Waals surface area contributed by atoms with E-state index in [4.69, 9.17) is 11.6 Å². The third kappa shape index (κ3) is 2.31. The quantitative estimate of drug-likeness (QED) is 0.633. The lowest BCUT2D eigenvalue weighted by molar-refractivity contribution is -0.109. The van der Waals surface area contributed by atoms with Gasteiger partial charge in [-0.15, -0.1) is 0 Å². The molecule has 0 radical (unpaired) electrons. The Hall–Kier alpha value is -0.820. The van der Waals surface area contributed by atoms with E-state index in [1.165, 1.54) is 0 Å². The average molecular weight is 227 g/mol. The Bertz CT molecular complexity index is 338. The van der Waals surface area contributed by atoms with Gasteiger partial charge in [0.25, 0.3) is 0 Å². The van der Waals surface area contributed by atoms with Gasteiger partial charge in [-0.25, -0.2) is 17.5 Å². The third-order valence-corrected chi connectivity index (χ3v) is 3.39. The summed E-state index contributed by atoms with van der Waals surface area (Å²) in [6.07, 6.45) is 0. The van der Waals surface area contributed by atoms with Crippen molar-refractivity contribution in [2.75, 3.05) is 18.8 Å². The van der Waals surface area contributed by atoms with Gasteiger partial charge in [-0.1, -0.05) is 0 Å². The summed E-state index contributed by atoms with van der Waals surface area (Å²) in [4.78, 5) is 21.2. The molecule has 1 heterocycles. The van der Waals surface area contributed by atoms with Gasteiger partial charge in [-0.3, -0.25) is 4.79 Å². The first-order chi connectivity index (χ1) is 5.93. The molecule has 6 nitrogen and oxygen atoms in total. The molecule has 1 aliphatic heterocycles. The molecular formula is C5H7ClN2O4S. The average Bonchev–Trinajstić information content (AvgIpc) is 2.32. The van der Waals surface area contributed by atoms with E-state index in [1.54, 1.807) is 0 Å². The summed E-state index contributed by atoms with van der Waals surface area (Å²) in [5, 5.41) is 1.30. The molecule has 0 unspecified atom stereocenters. The molecule has 0 spiro atoms. The van der Waals surface area contributed by atoms with Crippen molar-refractivity contribution in [3.63, 3.8) is 0 Å². The van der Waals surface area contributed by atoms with Gasteiger partial charge < -0.3 is 5.32 Å². The minimum absolute atomic E-state index is 0.0470. The number of amides is 2. The van der Waals surface area contributed by atoms with Crippen molar-refractivity contribution in [2.45, 2.75) is 0 Å². The summed E-state index contributed by atoms with van der Waals surface area (Å²) in [6, 6.07) is -0.710. The van der Waals surface area contributed by atoms with E-state index in [9.17, 15) is 18.0 Å². The normalized spacial score (nSPS) is 17.3. The fraction of sp³-hybridized carbons (Fsp3) is 0.600. The number of urea groups is 1. The van der Waals surface area contributed by atoms with E-state index < -0.39 is 27.0 Å². The molecule has 1 aliphatic rings. The molecule has 0 aromatic heterocycles. The van der Waals surface area contributed by atoms with Crippen molar-refractivity contribution in [2.24, 2.45) is 0 Å². The molecule has 0 aromatic carbocycles. The second kappa shape index (κ2) is 3.51. The lowest BCUT2D eigenvalue weighted by Gasteiger charge is -2.12. The Morgan fingerprint density at radius 1 is 1.62 bits per heavy atom. The van der Waals surface area contributed by atoms with Gasteiger partial charge in [-0.2, -0.15) is 0 Å². The predicted octanol–water partition coefficient (Wildman–Crippen LogP) is -0.893. The van der Waals surface area contributed by atoms with E-state index in [1.807, 2.05) is 0 Å². The maximum absolute atomic E-state index is 11.2.